The summed E-state index contributed by atoms with van der Waals surface area (Å²) in [6.45, 7) is 3.14. The molecule has 4 aromatic heterocycles. The minimum Gasteiger partial charge on any atom is -2.00 e. The Morgan fingerprint density at radius 1 is 0.488 bits per heavy atom. The quantitative estimate of drug-likeness (QED) is 0.140. The van der Waals surface area contributed by atoms with Gasteiger partial charge in [-0.05, 0) is 61.6 Å². The van der Waals surface area contributed by atoms with Crippen molar-refractivity contribution in [3.8, 4) is 0 Å². The Morgan fingerprint density at radius 3 is 0.907 bits per heavy atom. The average molecular weight is 782 g/mol. The summed E-state index contributed by atoms with van der Waals surface area (Å²) in [5, 5.41) is 13.3. The van der Waals surface area contributed by atoms with Crippen molar-refractivity contribution in [3.63, 3.8) is 0 Å². The number of aromatic nitrogens is 4. The van der Waals surface area contributed by atoms with E-state index in [1.54, 1.807) is 24.8 Å². The van der Waals surface area contributed by atoms with Crippen molar-refractivity contribution in [2.75, 3.05) is 13.1 Å². The van der Waals surface area contributed by atoms with E-state index in [2.05, 4.69) is 29.7 Å². The second kappa shape index (κ2) is 30.2. The Labute approximate surface area is 292 Å². The van der Waals surface area contributed by atoms with Crippen LogP contribution in [0.1, 0.15) is 22.8 Å². The number of rotatable bonds is 12. The van der Waals surface area contributed by atoms with Crippen LogP contribution in [-0.2, 0) is 85.2 Å². The van der Waals surface area contributed by atoms with E-state index in [4.69, 9.17) is 0 Å². The van der Waals surface area contributed by atoms with Crippen LogP contribution in [0.3, 0.4) is 0 Å². The molecule has 16 heteroatoms. The average Bonchev–Trinajstić information content (AvgIpc) is 2.86. The van der Waals surface area contributed by atoms with Crippen LogP contribution in [-0.4, -0.2) is 59.9 Å². The maximum atomic E-state index is 13.3. The van der Waals surface area contributed by atoms with Crippen LogP contribution in [0.25, 0.3) is 0 Å². The van der Waals surface area contributed by atoms with E-state index < -0.39 is 6.10 Å². The van der Waals surface area contributed by atoms with Crippen LogP contribution in [0.15, 0.2) is 97.6 Å². The summed E-state index contributed by atoms with van der Waals surface area (Å²) in [4.78, 5) is 22.1. The normalized spacial score (nSPS) is 9.02. The van der Waals surface area contributed by atoms with Crippen molar-refractivity contribution in [2.45, 2.75) is 32.3 Å². The molecule has 0 saturated carbocycles. The molecule has 0 spiro atoms. The number of nitrogens with zero attached hydrogens (tertiary/aromatic N) is 6. The summed E-state index contributed by atoms with van der Waals surface area (Å²) in [7, 11) is 0. The van der Waals surface area contributed by atoms with E-state index in [0.29, 0.717) is 39.3 Å². The van der Waals surface area contributed by atoms with Crippen molar-refractivity contribution < 1.29 is 99.1 Å². The van der Waals surface area contributed by atoms with E-state index in [1.807, 2.05) is 72.8 Å². The maximum absolute atomic E-state index is 13.3. The molecule has 0 aliphatic heterocycles. The van der Waals surface area contributed by atoms with Crippen molar-refractivity contribution in [3.05, 3.63) is 120 Å². The van der Waals surface area contributed by atoms with Crippen LogP contribution in [0.4, 0.5) is 0 Å². The number of hydrogen-bond acceptors (Lipinski definition) is 7. The zero-order valence-electron chi connectivity index (χ0n) is 23.1. The topological polar surface area (TPSA) is 258 Å². The summed E-state index contributed by atoms with van der Waals surface area (Å²) < 4.78 is 0. The molecule has 0 aliphatic carbocycles. The van der Waals surface area contributed by atoms with Crippen LogP contribution < -0.4 is 29.1 Å². The molecular weight excluding hydrogens is 749 g/mol. The second-order valence-electron chi connectivity index (χ2n) is 8.25. The number of hydrogen-bond donors (Lipinski definition) is 0. The third-order valence-corrected chi connectivity index (χ3v) is 5.37. The predicted molar refractivity (Wildman–Crippen MR) is 139 cm³/mol. The molecule has 0 amide bonds. The molecule has 4 rings (SSSR count). The first-order valence-electron chi connectivity index (χ1n) is 11.4. The van der Waals surface area contributed by atoms with Gasteiger partial charge in [0, 0.05) is 88.1 Å². The van der Waals surface area contributed by atoms with Crippen LogP contribution >= 0.6 is 0 Å². The minimum atomic E-state index is -0.820. The van der Waals surface area contributed by atoms with E-state index in [-0.39, 0.29) is 93.9 Å². The SMILES string of the molecule is O.O.[I-].[O-2].[O-2].[O-2].[O-2].[O-]C(CN(Cc1ccccn1)Cc1ccccn1)CN(Cc1ccccn1)Cc1ccccn1.[V].[V]. The van der Waals surface area contributed by atoms with Crippen molar-refractivity contribution in [2.24, 2.45) is 0 Å². The van der Waals surface area contributed by atoms with Crippen LogP contribution in [0.5, 0.6) is 0 Å². The molecular formula is C27H33IN6O7V2-10. The Morgan fingerprint density at radius 2 is 0.721 bits per heavy atom. The fraction of sp³-hybridized carbons (Fsp3) is 0.259. The van der Waals surface area contributed by atoms with Gasteiger partial charge in [-0.25, -0.2) is 0 Å². The van der Waals surface area contributed by atoms with Gasteiger partial charge in [0.1, 0.15) is 0 Å². The molecule has 4 heterocycles. The summed E-state index contributed by atoms with van der Waals surface area (Å²) in [6, 6.07) is 23.4. The molecule has 43 heavy (non-hydrogen) atoms. The Kier molecular flexibility index (Phi) is 37.7. The third-order valence-electron chi connectivity index (χ3n) is 5.37. The zero-order valence-corrected chi connectivity index (χ0v) is 28.0. The van der Waals surface area contributed by atoms with Gasteiger partial charge in [0.25, 0.3) is 0 Å². The molecule has 2 radical (unpaired) electrons. The standard InChI is InChI=1S/C27H29N6O.HI.2H2O.4O.2V/c34-27(21-32(17-23-9-1-5-13-28-23)18-24-10-2-6-14-29-24)22-33(19-25-11-3-7-15-30-25)20-26-12-4-8-16-31-26;;;;;;;;;/h1-16,27H,17-22H2;1H;2*1H2;;;;;;/q-1;;;;4*-2;;/p-1. The van der Waals surface area contributed by atoms with E-state index >= 15 is 0 Å². The van der Waals surface area contributed by atoms with Gasteiger partial charge in [-0.15, -0.1) is 6.10 Å². The Balaban J connectivity index is -0.000000380. The van der Waals surface area contributed by atoms with E-state index in [0.717, 1.165) is 22.8 Å². The summed E-state index contributed by atoms with van der Waals surface area (Å²) in [5.74, 6) is 0. The number of pyridine rings is 4. The molecule has 0 fully saturated rings. The first-order chi connectivity index (χ1) is 16.7. The van der Waals surface area contributed by atoms with Gasteiger partial charge in [-0.3, -0.25) is 29.7 Å². The smallest absolute Gasteiger partial charge is 0.0544 e. The van der Waals surface area contributed by atoms with Crippen molar-refractivity contribution in [1.29, 1.82) is 0 Å². The monoisotopic (exact) mass is 782 g/mol. The molecule has 240 valence electrons. The molecule has 13 nitrogen and oxygen atoms in total. The molecule has 4 aromatic rings. The fourth-order valence-electron chi connectivity index (χ4n) is 3.89. The molecule has 0 saturated heterocycles. The summed E-state index contributed by atoms with van der Waals surface area (Å²) >= 11 is 0. The number of halogens is 1. The van der Waals surface area contributed by atoms with Crippen LogP contribution in [0.2, 0.25) is 0 Å². The Bertz CT molecular complexity index is 950. The molecule has 0 atom stereocenters. The van der Waals surface area contributed by atoms with Crippen LogP contribution in [0, 0.1) is 0 Å². The third kappa shape index (κ3) is 19.9. The summed E-state index contributed by atoms with van der Waals surface area (Å²) in [5.41, 5.74) is 3.74. The molecule has 0 unspecified atom stereocenters. The fourth-order valence-corrected chi connectivity index (χ4v) is 3.89. The van der Waals surface area contributed by atoms with Gasteiger partial charge in [0.15, 0.2) is 0 Å². The first-order valence-corrected chi connectivity index (χ1v) is 11.4. The van der Waals surface area contributed by atoms with Gasteiger partial charge in [0.2, 0.25) is 0 Å². The van der Waals surface area contributed by atoms with E-state index in [9.17, 15) is 5.11 Å². The van der Waals surface area contributed by atoms with Gasteiger partial charge in [0.05, 0.1) is 22.8 Å². The van der Waals surface area contributed by atoms with Gasteiger partial charge >= 0.3 is 0 Å². The predicted octanol–water partition coefficient (Wildman–Crippen LogP) is -2.43. The minimum absolute atomic E-state index is 0. The molecule has 0 bridgehead atoms. The van der Waals surface area contributed by atoms with Gasteiger partial charge in [-0.1, -0.05) is 24.3 Å². The van der Waals surface area contributed by atoms with Crippen molar-refractivity contribution in [1.82, 2.24) is 29.7 Å². The zero-order chi connectivity index (χ0) is 23.4. The van der Waals surface area contributed by atoms with E-state index in [1.165, 1.54) is 0 Å². The van der Waals surface area contributed by atoms with Gasteiger partial charge < -0.3 is 61.9 Å². The molecule has 0 aromatic carbocycles. The largest absolute Gasteiger partial charge is 2.00 e. The Hall–Kier alpha value is -1.86. The molecule has 4 N–H and O–H groups in total. The molecule has 0 aliphatic rings. The van der Waals surface area contributed by atoms with Crippen molar-refractivity contribution >= 4 is 0 Å². The second-order valence-corrected chi connectivity index (χ2v) is 8.25. The summed E-state index contributed by atoms with van der Waals surface area (Å²) in [6.07, 6.45) is 6.31. The van der Waals surface area contributed by atoms with Gasteiger partial charge in [-0.2, -0.15) is 0 Å². The maximum Gasteiger partial charge on any atom is 0.0544 e. The first kappa shape index (κ1) is 53.7.